The van der Waals surface area contributed by atoms with Crippen LogP contribution in [0.25, 0.3) is 0 Å². The van der Waals surface area contributed by atoms with Crippen molar-refractivity contribution >= 4 is 52.4 Å². The fourth-order valence-electron chi connectivity index (χ4n) is 2.54. The summed E-state index contributed by atoms with van der Waals surface area (Å²) in [6, 6.07) is 15.3. The largest absolute Gasteiger partial charge is 0.378 e. The van der Waals surface area contributed by atoms with Gasteiger partial charge in [0.05, 0.1) is 11.4 Å². The summed E-state index contributed by atoms with van der Waals surface area (Å²) in [6.45, 7) is -0.0244. The molecule has 0 aromatic heterocycles. The second-order valence-electron chi connectivity index (χ2n) is 6.07. The molecule has 27 heavy (non-hydrogen) atoms. The summed E-state index contributed by atoms with van der Waals surface area (Å²) in [4.78, 5) is 29.7. The predicted octanol–water partition coefficient (Wildman–Crippen LogP) is 3.81. The van der Waals surface area contributed by atoms with Crippen molar-refractivity contribution < 1.29 is 9.59 Å². The van der Waals surface area contributed by atoms with E-state index in [1.54, 1.807) is 11.8 Å². The molecule has 7 heteroatoms. The van der Waals surface area contributed by atoms with Gasteiger partial charge in [-0.05, 0) is 48.9 Å². The van der Waals surface area contributed by atoms with E-state index in [-0.39, 0.29) is 18.4 Å². The van der Waals surface area contributed by atoms with Gasteiger partial charge >= 0.3 is 0 Å². The Hall–Kier alpha value is -2.12. The van der Waals surface area contributed by atoms with Gasteiger partial charge in [0.25, 0.3) is 0 Å². The Labute approximate surface area is 169 Å². The van der Waals surface area contributed by atoms with Gasteiger partial charge in [0, 0.05) is 30.4 Å². The standard InChI is InChI=1S/C20H25N3O2S2/c1-22(2)15-9-11-16(12-10-15)23(20(25)14-26-3)13-19(24)21-17-7-5-6-8-18(17)27-4/h5-12H,13-14H2,1-4H3,(H,21,24). The van der Waals surface area contributed by atoms with Crippen LogP contribution in [-0.2, 0) is 9.59 Å². The monoisotopic (exact) mass is 403 g/mol. The third-order valence-electron chi connectivity index (χ3n) is 3.93. The average molecular weight is 404 g/mol. The second-order valence-corrected chi connectivity index (χ2v) is 7.79. The Kier molecular flexibility index (Phi) is 8.06. The van der Waals surface area contributed by atoms with E-state index in [1.807, 2.05) is 80.0 Å². The molecule has 0 aliphatic carbocycles. The van der Waals surface area contributed by atoms with Crippen LogP contribution in [0.4, 0.5) is 17.1 Å². The van der Waals surface area contributed by atoms with Crippen molar-refractivity contribution in [1.29, 1.82) is 0 Å². The highest BCUT2D eigenvalue weighted by Crippen LogP contribution is 2.25. The van der Waals surface area contributed by atoms with E-state index < -0.39 is 0 Å². The van der Waals surface area contributed by atoms with Crippen molar-refractivity contribution in [2.45, 2.75) is 4.90 Å². The highest BCUT2D eigenvalue weighted by atomic mass is 32.2. The van der Waals surface area contributed by atoms with Crippen LogP contribution in [0.2, 0.25) is 0 Å². The maximum Gasteiger partial charge on any atom is 0.244 e. The van der Waals surface area contributed by atoms with E-state index in [0.717, 1.165) is 16.3 Å². The number of hydrogen-bond acceptors (Lipinski definition) is 5. The number of carbonyl (C=O) groups is 2. The molecule has 0 spiro atoms. The molecule has 0 radical (unpaired) electrons. The molecular weight excluding hydrogens is 378 g/mol. The van der Waals surface area contributed by atoms with Gasteiger partial charge in [0.15, 0.2) is 0 Å². The maximum atomic E-state index is 12.6. The van der Waals surface area contributed by atoms with Crippen LogP contribution >= 0.6 is 23.5 Å². The van der Waals surface area contributed by atoms with Gasteiger partial charge in [-0.2, -0.15) is 11.8 Å². The van der Waals surface area contributed by atoms with Crippen molar-refractivity contribution in [2.75, 3.05) is 54.0 Å². The third kappa shape index (κ3) is 5.94. The number of nitrogens with one attached hydrogen (secondary N) is 1. The first-order chi connectivity index (χ1) is 13.0. The summed E-state index contributed by atoms with van der Waals surface area (Å²) in [7, 11) is 3.92. The number of rotatable bonds is 8. The van der Waals surface area contributed by atoms with E-state index in [9.17, 15) is 9.59 Å². The number of hydrogen-bond donors (Lipinski definition) is 1. The smallest absolute Gasteiger partial charge is 0.244 e. The molecule has 0 aliphatic rings. The summed E-state index contributed by atoms with van der Waals surface area (Å²) < 4.78 is 0. The quantitative estimate of drug-likeness (QED) is 0.679. The van der Waals surface area contributed by atoms with E-state index in [4.69, 9.17) is 0 Å². The number of thioether (sulfide) groups is 2. The van der Waals surface area contributed by atoms with Crippen LogP contribution in [0.3, 0.4) is 0 Å². The van der Waals surface area contributed by atoms with Gasteiger partial charge in [-0.15, -0.1) is 11.8 Å². The first kappa shape index (κ1) is 21.2. The first-order valence-electron chi connectivity index (χ1n) is 8.45. The zero-order valence-electron chi connectivity index (χ0n) is 16.1. The molecule has 0 unspecified atom stereocenters. The molecule has 144 valence electrons. The highest BCUT2D eigenvalue weighted by Gasteiger charge is 2.19. The van der Waals surface area contributed by atoms with Gasteiger partial charge in [0.2, 0.25) is 11.8 Å². The fourth-order valence-corrected chi connectivity index (χ4v) is 3.49. The lowest BCUT2D eigenvalue weighted by Crippen LogP contribution is -2.39. The lowest BCUT2D eigenvalue weighted by Gasteiger charge is -2.23. The number of benzene rings is 2. The third-order valence-corrected chi connectivity index (χ3v) is 5.26. The molecule has 2 aromatic rings. The van der Waals surface area contributed by atoms with Gasteiger partial charge in [-0.3, -0.25) is 9.59 Å². The van der Waals surface area contributed by atoms with E-state index >= 15 is 0 Å². The number of para-hydroxylation sites is 1. The molecule has 0 bridgehead atoms. The molecule has 2 aromatic carbocycles. The topological polar surface area (TPSA) is 52.7 Å². The minimum absolute atomic E-state index is 0.0244. The molecule has 2 amide bonds. The number of carbonyl (C=O) groups excluding carboxylic acids is 2. The summed E-state index contributed by atoms with van der Waals surface area (Å²) in [5.74, 6) is 0.0143. The Morgan fingerprint density at radius 3 is 2.19 bits per heavy atom. The van der Waals surface area contributed by atoms with Crippen molar-refractivity contribution in [3.05, 3.63) is 48.5 Å². The minimum atomic E-state index is -0.220. The Morgan fingerprint density at radius 2 is 1.59 bits per heavy atom. The molecular formula is C20H25N3O2S2. The molecule has 1 N–H and O–H groups in total. The van der Waals surface area contributed by atoms with Gasteiger partial charge in [-0.1, -0.05) is 12.1 Å². The van der Waals surface area contributed by atoms with Crippen LogP contribution in [-0.4, -0.2) is 50.7 Å². The van der Waals surface area contributed by atoms with Crippen LogP contribution in [0.1, 0.15) is 0 Å². The summed E-state index contributed by atoms with van der Waals surface area (Å²) in [5.41, 5.74) is 2.51. The number of nitrogens with zero attached hydrogens (tertiary/aromatic N) is 2. The molecule has 2 rings (SSSR count). The molecule has 5 nitrogen and oxygen atoms in total. The predicted molar refractivity (Wildman–Crippen MR) is 118 cm³/mol. The average Bonchev–Trinajstić information content (AvgIpc) is 2.66. The summed E-state index contributed by atoms with van der Waals surface area (Å²) in [5, 5.41) is 2.92. The molecule has 0 aliphatic heterocycles. The normalized spacial score (nSPS) is 10.4. The van der Waals surface area contributed by atoms with Crippen LogP contribution in [0, 0.1) is 0 Å². The first-order valence-corrected chi connectivity index (χ1v) is 11.1. The molecule has 0 saturated carbocycles. The summed E-state index contributed by atoms with van der Waals surface area (Å²) >= 11 is 3.01. The molecule has 0 saturated heterocycles. The lowest BCUT2D eigenvalue weighted by atomic mass is 10.2. The summed E-state index contributed by atoms with van der Waals surface area (Å²) in [6.07, 6.45) is 3.84. The fraction of sp³-hybridized carbons (Fsp3) is 0.300. The van der Waals surface area contributed by atoms with Gasteiger partial charge in [-0.25, -0.2) is 0 Å². The zero-order chi connectivity index (χ0) is 19.8. The lowest BCUT2D eigenvalue weighted by molar-refractivity contribution is -0.120. The zero-order valence-corrected chi connectivity index (χ0v) is 17.7. The van der Waals surface area contributed by atoms with E-state index in [2.05, 4.69) is 5.32 Å². The minimum Gasteiger partial charge on any atom is -0.378 e. The Balaban J connectivity index is 2.19. The Morgan fingerprint density at radius 1 is 0.963 bits per heavy atom. The van der Waals surface area contributed by atoms with Crippen LogP contribution in [0.15, 0.2) is 53.4 Å². The Bertz CT molecular complexity index is 779. The number of anilines is 3. The molecule has 0 atom stereocenters. The van der Waals surface area contributed by atoms with Gasteiger partial charge in [0.1, 0.15) is 6.54 Å². The number of amides is 2. The second kappa shape index (κ2) is 10.3. The van der Waals surface area contributed by atoms with Crippen molar-refractivity contribution in [3.8, 4) is 0 Å². The maximum absolute atomic E-state index is 12.6. The van der Waals surface area contributed by atoms with Gasteiger partial charge < -0.3 is 15.1 Å². The van der Waals surface area contributed by atoms with Crippen molar-refractivity contribution in [2.24, 2.45) is 0 Å². The molecule has 0 fully saturated rings. The van der Waals surface area contributed by atoms with Crippen molar-refractivity contribution in [1.82, 2.24) is 0 Å². The van der Waals surface area contributed by atoms with Crippen molar-refractivity contribution in [3.63, 3.8) is 0 Å². The van der Waals surface area contributed by atoms with Crippen LogP contribution in [0.5, 0.6) is 0 Å². The highest BCUT2D eigenvalue weighted by molar-refractivity contribution is 7.99. The molecule has 0 heterocycles. The van der Waals surface area contributed by atoms with Crippen LogP contribution < -0.4 is 15.1 Å². The van der Waals surface area contributed by atoms with E-state index in [1.165, 1.54) is 16.7 Å². The van der Waals surface area contributed by atoms with E-state index in [0.29, 0.717) is 11.4 Å². The SMILES string of the molecule is CSCC(=O)N(CC(=O)Nc1ccccc1SC)c1ccc(N(C)C)cc1.